The van der Waals surface area contributed by atoms with E-state index in [2.05, 4.69) is 10.3 Å². The maximum absolute atomic E-state index is 13.0. The Balaban J connectivity index is 1.65. The number of rotatable bonds is 6. The fourth-order valence-corrected chi connectivity index (χ4v) is 4.25. The molecule has 0 aliphatic rings. The standard InChI is InChI=1S/C18H15F3N2O2S2/c1-2-25-11-7-8-14-15(9-11)27-17(23-14)26-10-16(24)22-13-6-4-3-5-12(13)18(19,20)21/h3-9H,2,10H2,1H3,(H,22,24). The molecule has 0 aliphatic heterocycles. The van der Waals surface area contributed by atoms with Crippen LogP contribution in [0.2, 0.25) is 0 Å². The van der Waals surface area contributed by atoms with Crippen molar-refractivity contribution in [2.75, 3.05) is 17.7 Å². The first-order valence-corrected chi connectivity index (χ1v) is 9.79. The quantitative estimate of drug-likeness (QED) is 0.548. The number of nitrogens with zero attached hydrogens (tertiary/aromatic N) is 1. The molecule has 27 heavy (non-hydrogen) atoms. The van der Waals surface area contributed by atoms with Crippen molar-refractivity contribution in [3.05, 3.63) is 48.0 Å². The first-order valence-electron chi connectivity index (χ1n) is 7.99. The van der Waals surface area contributed by atoms with Gasteiger partial charge in [0.05, 0.1) is 33.8 Å². The van der Waals surface area contributed by atoms with Crippen molar-refractivity contribution in [3.63, 3.8) is 0 Å². The zero-order valence-electron chi connectivity index (χ0n) is 14.2. The van der Waals surface area contributed by atoms with E-state index < -0.39 is 17.6 Å². The predicted molar refractivity (Wildman–Crippen MR) is 102 cm³/mol. The third-order valence-corrected chi connectivity index (χ3v) is 5.65. The fourth-order valence-electron chi connectivity index (χ4n) is 2.35. The number of hydrogen-bond acceptors (Lipinski definition) is 5. The topological polar surface area (TPSA) is 51.2 Å². The van der Waals surface area contributed by atoms with E-state index in [0.717, 1.165) is 22.0 Å². The van der Waals surface area contributed by atoms with Crippen molar-refractivity contribution in [3.8, 4) is 5.75 Å². The van der Waals surface area contributed by atoms with Crippen LogP contribution < -0.4 is 10.1 Å². The Morgan fingerprint density at radius 2 is 2.04 bits per heavy atom. The summed E-state index contributed by atoms with van der Waals surface area (Å²) in [6.45, 7) is 2.46. The molecule has 1 amide bonds. The summed E-state index contributed by atoms with van der Waals surface area (Å²) >= 11 is 2.58. The van der Waals surface area contributed by atoms with Crippen molar-refractivity contribution in [1.29, 1.82) is 0 Å². The predicted octanol–water partition coefficient (Wildman–Crippen LogP) is 5.44. The van der Waals surface area contributed by atoms with Gasteiger partial charge in [-0.1, -0.05) is 23.9 Å². The molecule has 2 aromatic carbocycles. The molecule has 3 aromatic rings. The van der Waals surface area contributed by atoms with E-state index in [0.29, 0.717) is 10.9 Å². The molecule has 0 aliphatic carbocycles. The highest BCUT2D eigenvalue weighted by molar-refractivity contribution is 8.01. The number of carbonyl (C=O) groups excluding carboxylic acids is 1. The minimum absolute atomic E-state index is 0.0374. The molecular formula is C18H15F3N2O2S2. The molecule has 0 atom stereocenters. The van der Waals surface area contributed by atoms with Gasteiger partial charge in [-0.3, -0.25) is 4.79 Å². The first kappa shape index (κ1) is 19.5. The Morgan fingerprint density at radius 3 is 2.78 bits per heavy atom. The van der Waals surface area contributed by atoms with Gasteiger partial charge in [0.15, 0.2) is 4.34 Å². The highest BCUT2D eigenvalue weighted by atomic mass is 32.2. The Hall–Kier alpha value is -2.26. The highest BCUT2D eigenvalue weighted by Gasteiger charge is 2.33. The number of carbonyl (C=O) groups is 1. The number of anilines is 1. The van der Waals surface area contributed by atoms with Crippen LogP contribution in [0.15, 0.2) is 46.8 Å². The van der Waals surface area contributed by atoms with Crippen molar-refractivity contribution in [2.45, 2.75) is 17.4 Å². The number of ether oxygens (including phenoxy) is 1. The van der Waals surface area contributed by atoms with Crippen LogP contribution in [0.3, 0.4) is 0 Å². The van der Waals surface area contributed by atoms with Gasteiger partial charge in [-0.15, -0.1) is 11.3 Å². The summed E-state index contributed by atoms with van der Waals surface area (Å²) in [5, 5.41) is 2.32. The number of fused-ring (bicyclic) bond motifs is 1. The van der Waals surface area contributed by atoms with E-state index in [1.54, 1.807) is 0 Å². The van der Waals surface area contributed by atoms with Crippen molar-refractivity contribution < 1.29 is 22.7 Å². The molecule has 0 saturated carbocycles. The largest absolute Gasteiger partial charge is 0.494 e. The van der Waals surface area contributed by atoms with Gasteiger partial charge in [-0.05, 0) is 37.3 Å². The van der Waals surface area contributed by atoms with Gasteiger partial charge >= 0.3 is 6.18 Å². The molecule has 3 rings (SSSR count). The number of hydrogen-bond donors (Lipinski definition) is 1. The lowest BCUT2D eigenvalue weighted by Gasteiger charge is -2.13. The average Bonchev–Trinajstić information content (AvgIpc) is 3.02. The van der Waals surface area contributed by atoms with E-state index >= 15 is 0 Å². The fraction of sp³-hybridized carbons (Fsp3) is 0.222. The van der Waals surface area contributed by atoms with E-state index in [1.807, 2.05) is 25.1 Å². The van der Waals surface area contributed by atoms with Crippen molar-refractivity contribution >= 4 is 44.9 Å². The lowest BCUT2D eigenvalue weighted by atomic mass is 10.1. The van der Waals surface area contributed by atoms with Crippen LogP contribution in [0.4, 0.5) is 18.9 Å². The minimum Gasteiger partial charge on any atom is -0.494 e. The maximum atomic E-state index is 13.0. The molecule has 1 aromatic heterocycles. The van der Waals surface area contributed by atoms with E-state index in [1.165, 1.54) is 41.3 Å². The summed E-state index contributed by atoms with van der Waals surface area (Å²) in [4.78, 5) is 16.5. The zero-order valence-corrected chi connectivity index (χ0v) is 15.8. The molecule has 1 N–H and O–H groups in total. The van der Waals surface area contributed by atoms with Gasteiger partial charge < -0.3 is 10.1 Å². The van der Waals surface area contributed by atoms with Crippen LogP contribution in [0, 0.1) is 0 Å². The number of thioether (sulfide) groups is 1. The Kier molecular flexibility index (Phi) is 5.91. The molecular weight excluding hydrogens is 397 g/mol. The second-order valence-corrected chi connectivity index (χ2v) is 7.68. The Morgan fingerprint density at radius 1 is 1.26 bits per heavy atom. The molecule has 0 fully saturated rings. The third kappa shape index (κ3) is 4.92. The van der Waals surface area contributed by atoms with Crippen molar-refractivity contribution in [2.24, 2.45) is 0 Å². The molecule has 0 saturated heterocycles. The van der Waals surface area contributed by atoms with Crippen LogP contribution in [0.5, 0.6) is 5.75 Å². The van der Waals surface area contributed by atoms with Crippen LogP contribution in [0.25, 0.3) is 10.2 Å². The summed E-state index contributed by atoms with van der Waals surface area (Å²) in [6, 6.07) is 10.4. The van der Waals surface area contributed by atoms with Gasteiger partial charge in [0.2, 0.25) is 5.91 Å². The Bertz CT molecular complexity index is 957. The highest BCUT2D eigenvalue weighted by Crippen LogP contribution is 2.35. The SMILES string of the molecule is CCOc1ccc2nc(SCC(=O)Nc3ccccc3C(F)(F)F)sc2c1. The van der Waals surface area contributed by atoms with Crippen LogP contribution in [-0.4, -0.2) is 23.3 Å². The van der Waals surface area contributed by atoms with Gasteiger partial charge in [0.25, 0.3) is 0 Å². The van der Waals surface area contributed by atoms with E-state index in [-0.39, 0.29) is 11.4 Å². The average molecular weight is 412 g/mol. The second kappa shape index (κ2) is 8.18. The van der Waals surface area contributed by atoms with Crippen LogP contribution >= 0.6 is 23.1 Å². The number of alkyl halides is 3. The third-order valence-electron chi connectivity index (χ3n) is 3.48. The van der Waals surface area contributed by atoms with Crippen molar-refractivity contribution in [1.82, 2.24) is 4.98 Å². The van der Waals surface area contributed by atoms with Gasteiger partial charge in [-0.25, -0.2) is 4.98 Å². The number of benzene rings is 2. The number of nitrogens with one attached hydrogen (secondary N) is 1. The van der Waals surface area contributed by atoms with Gasteiger partial charge in [0.1, 0.15) is 5.75 Å². The van der Waals surface area contributed by atoms with Crippen LogP contribution in [-0.2, 0) is 11.0 Å². The number of thiazole rings is 1. The van der Waals surface area contributed by atoms with Gasteiger partial charge in [0, 0.05) is 0 Å². The molecule has 0 radical (unpaired) electrons. The summed E-state index contributed by atoms with van der Waals surface area (Å²) in [6.07, 6.45) is -4.53. The maximum Gasteiger partial charge on any atom is 0.418 e. The van der Waals surface area contributed by atoms with Crippen LogP contribution in [0.1, 0.15) is 12.5 Å². The molecule has 1 heterocycles. The molecule has 0 spiro atoms. The lowest BCUT2D eigenvalue weighted by molar-refractivity contribution is -0.137. The molecule has 0 bridgehead atoms. The summed E-state index contributed by atoms with van der Waals surface area (Å²) in [5.41, 5.74) is -0.332. The normalized spacial score (nSPS) is 11.6. The number of halogens is 3. The van der Waals surface area contributed by atoms with E-state index in [4.69, 9.17) is 4.74 Å². The number of amides is 1. The smallest absolute Gasteiger partial charge is 0.418 e. The number of aromatic nitrogens is 1. The lowest BCUT2D eigenvalue weighted by Crippen LogP contribution is -2.18. The minimum atomic E-state index is -4.53. The number of para-hydroxylation sites is 1. The summed E-state index contributed by atoms with van der Waals surface area (Å²) < 4.78 is 46.0. The van der Waals surface area contributed by atoms with Gasteiger partial charge in [-0.2, -0.15) is 13.2 Å². The monoisotopic (exact) mass is 412 g/mol. The molecule has 4 nitrogen and oxygen atoms in total. The van der Waals surface area contributed by atoms with E-state index in [9.17, 15) is 18.0 Å². The second-order valence-electron chi connectivity index (χ2n) is 5.42. The molecule has 9 heteroatoms. The summed E-state index contributed by atoms with van der Waals surface area (Å²) in [5.74, 6) is 0.183. The first-order chi connectivity index (χ1) is 12.9. The zero-order chi connectivity index (χ0) is 19.4. The Labute approximate surface area is 161 Å². The molecule has 0 unspecified atom stereocenters. The summed E-state index contributed by atoms with van der Waals surface area (Å²) in [7, 11) is 0. The molecule has 142 valence electrons.